The summed E-state index contributed by atoms with van der Waals surface area (Å²) in [5.74, 6) is 0.773. The van der Waals surface area contributed by atoms with Gasteiger partial charge in [0.15, 0.2) is 0 Å². The Morgan fingerprint density at radius 2 is 0.694 bits per heavy atom. The molecular formula is C47H50N2. The zero-order chi connectivity index (χ0) is 34.7. The van der Waals surface area contributed by atoms with E-state index in [0.29, 0.717) is 5.92 Å². The van der Waals surface area contributed by atoms with Gasteiger partial charge < -0.3 is 9.80 Å². The molecule has 0 saturated heterocycles. The smallest absolute Gasteiger partial charge is 0.0464 e. The summed E-state index contributed by atoms with van der Waals surface area (Å²) >= 11 is 0. The van der Waals surface area contributed by atoms with Crippen LogP contribution >= 0.6 is 0 Å². The van der Waals surface area contributed by atoms with Crippen LogP contribution in [0.25, 0.3) is 0 Å². The van der Waals surface area contributed by atoms with E-state index >= 15 is 0 Å². The molecule has 2 nitrogen and oxygen atoms in total. The standard InChI is InChI=1S/C47H50N2/c1-9-34(4)47(39-16-26-43(27-17-39)48(41-20-10-32(2)11-21-41)45-24-14-35(5)37(7)30-45)40-18-28-44(29-19-40)49(42-22-12-33(3)13-23-42)46-25-15-36(6)38(8)31-46/h10-31,34,47H,9H2,1-8H3. The van der Waals surface area contributed by atoms with Crippen molar-refractivity contribution < 1.29 is 0 Å². The Bertz CT molecular complexity index is 1860. The lowest BCUT2D eigenvalue weighted by atomic mass is 9.80. The molecule has 0 saturated carbocycles. The molecule has 0 bridgehead atoms. The van der Waals surface area contributed by atoms with E-state index in [1.54, 1.807) is 0 Å². The second-order valence-corrected chi connectivity index (χ2v) is 13.9. The highest BCUT2D eigenvalue weighted by molar-refractivity contribution is 5.78. The third kappa shape index (κ3) is 7.34. The van der Waals surface area contributed by atoms with Crippen molar-refractivity contribution in [3.8, 4) is 0 Å². The molecule has 0 aliphatic heterocycles. The molecule has 0 heterocycles. The number of rotatable bonds is 10. The van der Waals surface area contributed by atoms with Crippen molar-refractivity contribution in [2.75, 3.05) is 9.80 Å². The second kappa shape index (κ2) is 14.6. The van der Waals surface area contributed by atoms with Crippen LogP contribution < -0.4 is 9.80 Å². The van der Waals surface area contributed by atoms with E-state index in [-0.39, 0.29) is 5.92 Å². The summed E-state index contributed by atoms with van der Waals surface area (Å²) in [5, 5.41) is 0. The number of hydrogen-bond acceptors (Lipinski definition) is 2. The lowest BCUT2D eigenvalue weighted by Crippen LogP contribution is -2.14. The van der Waals surface area contributed by atoms with Gasteiger partial charge in [0.25, 0.3) is 0 Å². The van der Waals surface area contributed by atoms with E-state index < -0.39 is 0 Å². The first-order valence-electron chi connectivity index (χ1n) is 17.7. The van der Waals surface area contributed by atoms with Gasteiger partial charge in [0, 0.05) is 40.0 Å². The largest absolute Gasteiger partial charge is 0.310 e. The minimum atomic E-state index is 0.289. The van der Waals surface area contributed by atoms with Gasteiger partial charge in [-0.3, -0.25) is 0 Å². The number of nitrogens with zero attached hydrogens (tertiary/aromatic N) is 2. The minimum Gasteiger partial charge on any atom is -0.310 e. The minimum absolute atomic E-state index is 0.289. The van der Waals surface area contributed by atoms with Crippen LogP contribution in [0.2, 0.25) is 0 Å². The van der Waals surface area contributed by atoms with E-state index in [1.807, 2.05) is 0 Å². The van der Waals surface area contributed by atoms with Gasteiger partial charge in [-0.05, 0) is 154 Å². The van der Waals surface area contributed by atoms with Gasteiger partial charge in [0.2, 0.25) is 0 Å². The Morgan fingerprint density at radius 3 is 1.00 bits per heavy atom. The molecule has 2 heteroatoms. The van der Waals surface area contributed by atoms with Gasteiger partial charge in [-0.15, -0.1) is 0 Å². The molecule has 1 atom stereocenters. The molecule has 0 aliphatic carbocycles. The van der Waals surface area contributed by atoms with Gasteiger partial charge in [-0.2, -0.15) is 0 Å². The Kier molecular flexibility index (Phi) is 10.1. The van der Waals surface area contributed by atoms with Crippen molar-refractivity contribution in [3.63, 3.8) is 0 Å². The summed E-state index contributed by atoms with van der Waals surface area (Å²) in [7, 11) is 0. The van der Waals surface area contributed by atoms with Gasteiger partial charge in [0.05, 0.1) is 0 Å². The van der Waals surface area contributed by atoms with Gasteiger partial charge >= 0.3 is 0 Å². The van der Waals surface area contributed by atoms with Gasteiger partial charge in [-0.25, -0.2) is 0 Å². The monoisotopic (exact) mass is 642 g/mol. The zero-order valence-corrected chi connectivity index (χ0v) is 30.5. The van der Waals surface area contributed by atoms with Crippen molar-refractivity contribution in [1.82, 2.24) is 0 Å². The molecule has 0 N–H and O–H groups in total. The summed E-state index contributed by atoms with van der Waals surface area (Å²) in [6.07, 6.45) is 1.10. The fraction of sp³-hybridized carbons (Fsp3) is 0.234. The molecule has 0 fully saturated rings. The maximum atomic E-state index is 2.38. The molecular weight excluding hydrogens is 593 g/mol. The molecule has 248 valence electrons. The maximum Gasteiger partial charge on any atom is 0.0464 e. The van der Waals surface area contributed by atoms with E-state index in [4.69, 9.17) is 0 Å². The fourth-order valence-corrected chi connectivity index (χ4v) is 6.76. The fourth-order valence-electron chi connectivity index (χ4n) is 6.76. The van der Waals surface area contributed by atoms with Crippen LogP contribution in [0, 0.1) is 47.5 Å². The van der Waals surface area contributed by atoms with E-state index in [9.17, 15) is 0 Å². The van der Waals surface area contributed by atoms with E-state index in [1.165, 1.54) is 55.9 Å². The van der Waals surface area contributed by atoms with Gasteiger partial charge in [0.1, 0.15) is 0 Å². The molecule has 6 rings (SSSR count). The topological polar surface area (TPSA) is 6.48 Å². The lowest BCUT2D eigenvalue weighted by Gasteiger charge is -2.29. The third-order valence-electron chi connectivity index (χ3n) is 10.3. The molecule has 0 spiro atoms. The molecule has 0 aromatic heterocycles. The number of aryl methyl sites for hydroxylation is 6. The lowest BCUT2D eigenvalue weighted by molar-refractivity contribution is 0.496. The molecule has 6 aromatic carbocycles. The average molecular weight is 643 g/mol. The molecule has 0 radical (unpaired) electrons. The van der Waals surface area contributed by atoms with Crippen molar-refractivity contribution in [2.24, 2.45) is 5.92 Å². The summed E-state index contributed by atoms with van der Waals surface area (Å²) < 4.78 is 0. The molecule has 49 heavy (non-hydrogen) atoms. The predicted molar refractivity (Wildman–Crippen MR) is 212 cm³/mol. The number of anilines is 6. The second-order valence-electron chi connectivity index (χ2n) is 13.9. The van der Waals surface area contributed by atoms with Gasteiger partial charge in [-0.1, -0.05) is 92.1 Å². The summed E-state index contributed by atoms with van der Waals surface area (Å²) in [4.78, 5) is 4.74. The van der Waals surface area contributed by atoms with Crippen LogP contribution in [0.5, 0.6) is 0 Å². The summed E-state index contributed by atoms with van der Waals surface area (Å²) in [5.41, 5.74) is 17.4. The quantitative estimate of drug-likeness (QED) is 0.147. The molecule has 6 aromatic rings. The highest BCUT2D eigenvalue weighted by Crippen LogP contribution is 2.41. The number of hydrogen-bond donors (Lipinski definition) is 0. The van der Waals surface area contributed by atoms with Crippen molar-refractivity contribution >= 4 is 34.1 Å². The van der Waals surface area contributed by atoms with Crippen LogP contribution in [0.1, 0.15) is 70.7 Å². The van der Waals surface area contributed by atoms with Crippen LogP contribution in [-0.2, 0) is 0 Å². The highest BCUT2D eigenvalue weighted by atomic mass is 15.1. The Balaban J connectivity index is 1.36. The first-order valence-corrected chi connectivity index (χ1v) is 17.7. The summed E-state index contributed by atoms with van der Waals surface area (Å²) in [6.45, 7) is 17.7. The average Bonchev–Trinajstić information content (AvgIpc) is 3.11. The van der Waals surface area contributed by atoms with Crippen LogP contribution in [0.4, 0.5) is 34.1 Å². The van der Waals surface area contributed by atoms with Crippen molar-refractivity contribution in [3.05, 3.63) is 178 Å². The normalized spacial score (nSPS) is 11.9. The molecule has 0 aliphatic rings. The third-order valence-corrected chi connectivity index (χ3v) is 10.3. The zero-order valence-electron chi connectivity index (χ0n) is 30.5. The van der Waals surface area contributed by atoms with E-state index in [2.05, 4.69) is 199 Å². The first kappa shape index (κ1) is 33.8. The van der Waals surface area contributed by atoms with Crippen LogP contribution in [0.15, 0.2) is 133 Å². The summed E-state index contributed by atoms with van der Waals surface area (Å²) in [6, 6.07) is 49.7. The maximum absolute atomic E-state index is 2.38. The first-order chi connectivity index (χ1) is 23.6. The van der Waals surface area contributed by atoms with Crippen molar-refractivity contribution in [1.29, 1.82) is 0 Å². The van der Waals surface area contributed by atoms with Crippen molar-refractivity contribution in [2.45, 2.75) is 67.7 Å². The SMILES string of the molecule is CCC(C)C(c1ccc(N(c2ccc(C)cc2)c2ccc(C)c(C)c2)cc1)c1ccc(N(c2ccc(C)cc2)c2ccc(C)c(C)c2)cc1. The van der Waals surface area contributed by atoms with Crippen LogP contribution in [0.3, 0.4) is 0 Å². The predicted octanol–water partition coefficient (Wildman–Crippen LogP) is 13.7. The molecule has 1 unspecified atom stereocenters. The Labute approximate surface area is 294 Å². The Hall–Kier alpha value is -5.08. The van der Waals surface area contributed by atoms with E-state index in [0.717, 1.165) is 29.2 Å². The Morgan fingerprint density at radius 1 is 0.388 bits per heavy atom. The molecule has 0 amide bonds. The van der Waals surface area contributed by atoms with Crippen LogP contribution in [-0.4, -0.2) is 0 Å². The highest BCUT2D eigenvalue weighted by Gasteiger charge is 2.22. The number of benzene rings is 6.